The van der Waals surface area contributed by atoms with Crippen LogP contribution in [-0.2, 0) is 15.6 Å². The number of nitrogen functional groups attached to an aromatic ring is 1. The lowest BCUT2D eigenvalue weighted by atomic mass is 10.2. The van der Waals surface area contributed by atoms with Gasteiger partial charge < -0.3 is 5.73 Å². The van der Waals surface area contributed by atoms with E-state index in [1.165, 1.54) is 0 Å². The van der Waals surface area contributed by atoms with Crippen LogP contribution in [-0.4, -0.2) is 13.7 Å². The molecule has 0 saturated heterocycles. The van der Waals surface area contributed by atoms with E-state index in [0.717, 1.165) is 4.47 Å². The highest BCUT2D eigenvalue weighted by Crippen LogP contribution is 2.25. The summed E-state index contributed by atoms with van der Waals surface area (Å²) in [6.45, 7) is 3.34. The van der Waals surface area contributed by atoms with E-state index in [-0.39, 0.29) is 11.0 Å². The lowest BCUT2D eigenvalue weighted by Gasteiger charge is -2.11. The van der Waals surface area contributed by atoms with E-state index in [2.05, 4.69) is 15.9 Å². The van der Waals surface area contributed by atoms with Crippen LogP contribution in [0.3, 0.4) is 0 Å². The lowest BCUT2D eigenvalue weighted by molar-refractivity contribution is 0.586. The standard InChI is InChI=1S/C10H14BrNO2S/c1-7(2)15(13,14)6-8-9(11)4-3-5-10(8)12/h3-5,7H,6,12H2,1-2H3. The second-order valence-corrected chi connectivity index (χ2v) is 7.08. The predicted octanol–water partition coefficient (Wildman–Crippen LogP) is 2.35. The maximum Gasteiger partial charge on any atom is 0.156 e. The Morgan fingerprint density at radius 2 is 2.00 bits per heavy atom. The Morgan fingerprint density at radius 3 is 2.47 bits per heavy atom. The van der Waals surface area contributed by atoms with Gasteiger partial charge in [0.1, 0.15) is 0 Å². The van der Waals surface area contributed by atoms with Crippen molar-refractivity contribution in [3.05, 3.63) is 28.2 Å². The third-order valence-corrected chi connectivity index (χ3v) is 5.09. The van der Waals surface area contributed by atoms with Crippen LogP contribution in [0.1, 0.15) is 19.4 Å². The second-order valence-electron chi connectivity index (χ2n) is 3.66. The van der Waals surface area contributed by atoms with Crippen molar-refractivity contribution in [2.75, 3.05) is 5.73 Å². The summed E-state index contributed by atoms with van der Waals surface area (Å²) in [5, 5.41) is -0.385. The number of hydrogen-bond donors (Lipinski definition) is 1. The lowest BCUT2D eigenvalue weighted by Crippen LogP contribution is -2.17. The minimum absolute atomic E-state index is 0.0159. The molecular formula is C10H14BrNO2S. The molecule has 0 spiro atoms. The van der Waals surface area contributed by atoms with Crippen LogP contribution in [0.4, 0.5) is 5.69 Å². The van der Waals surface area contributed by atoms with Crippen LogP contribution >= 0.6 is 15.9 Å². The van der Waals surface area contributed by atoms with Gasteiger partial charge in [0.05, 0.1) is 11.0 Å². The molecule has 3 nitrogen and oxygen atoms in total. The number of sulfone groups is 1. The van der Waals surface area contributed by atoms with Gasteiger partial charge >= 0.3 is 0 Å². The number of anilines is 1. The molecule has 0 bridgehead atoms. The fourth-order valence-electron chi connectivity index (χ4n) is 1.10. The Bertz CT molecular complexity index is 434. The molecule has 0 amide bonds. The summed E-state index contributed by atoms with van der Waals surface area (Å²) < 4.78 is 24.2. The fourth-order valence-corrected chi connectivity index (χ4v) is 2.86. The summed E-state index contributed by atoms with van der Waals surface area (Å²) in [5.41, 5.74) is 6.89. The predicted molar refractivity (Wildman–Crippen MR) is 66.3 cm³/mol. The van der Waals surface area contributed by atoms with Gasteiger partial charge in [0.15, 0.2) is 9.84 Å². The summed E-state index contributed by atoms with van der Waals surface area (Å²) in [7, 11) is -3.11. The molecule has 0 radical (unpaired) electrons. The van der Waals surface area contributed by atoms with Gasteiger partial charge in [-0.1, -0.05) is 22.0 Å². The average Bonchev–Trinajstić information content (AvgIpc) is 2.11. The zero-order valence-electron chi connectivity index (χ0n) is 8.70. The van der Waals surface area contributed by atoms with Crippen LogP contribution < -0.4 is 5.73 Å². The Labute approximate surface area is 98.7 Å². The minimum Gasteiger partial charge on any atom is -0.398 e. The maximum atomic E-state index is 11.7. The van der Waals surface area contributed by atoms with Gasteiger partial charge in [-0.2, -0.15) is 0 Å². The second kappa shape index (κ2) is 4.53. The van der Waals surface area contributed by atoms with Gasteiger partial charge in [-0.25, -0.2) is 8.42 Å². The van der Waals surface area contributed by atoms with Gasteiger partial charge in [0, 0.05) is 15.7 Å². The molecule has 15 heavy (non-hydrogen) atoms. The van der Waals surface area contributed by atoms with E-state index in [0.29, 0.717) is 11.3 Å². The minimum atomic E-state index is -3.11. The first kappa shape index (κ1) is 12.5. The van der Waals surface area contributed by atoms with E-state index in [4.69, 9.17) is 5.73 Å². The van der Waals surface area contributed by atoms with Gasteiger partial charge in [-0.3, -0.25) is 0 Å². The normalized spacial score (nSPS) is 12.0. The molecule has 0 aliphatic heterocycles. The third kappa shape index (κ3) is 2.95. The Balaban J connectivity index is 3.11. The third-order valence-electron chi connectivity index (χ3n) is 2.22. The van der Waals surface area contributed by atoms with Crippen molar-refractivity contribution in [3.8, 4) is 0 Å². The Hall–Kier alpha value is -0.550. The summed E-state index contributed by atoms with van der Waals surface area (Å²) in [6.07, 6.45) is 0. The monoisotopic (exact) mass is 291 g/mol. The molecular weight excluding hydrogens is 278 g/mol. The molecule has 0 aliphatic carbocycles. The summed E-state index contributed by atoms with van der Waals surface area (Å²) in [4.78, 5) is 0. The molecule has 1 aromatic carbocycles. The van der Waals surface area contributed by atoms with E-state index in [9.17, 15) is 8.42 Å². The highest BCUT2D eigenvalue weighted by atomic mass is 79.9. The molecule has 0 unspecified atom stereocenters. The van der Waals surface area contributed by atoms with Crippen LogP contribution in [0.15, 0.2) is 22.7 Å². The molecule has 1 aromatic rings. The van der Waals surface area contributed by atoms with Crippen LogP contribution in [0.2, 0.25) is 0 Å². The number of benzene rings is 1. The largest absolute Gasteiger partial charge is 0.398 e. The Kier molecular flexibility index (Phi) is 3.78. The van der Waals surface area contributed by atoms with Gasteiger partial charge in [-0.05, 0) is 26.0 Å². The average molecular weight is 292 g/mol. The van der Waals surface area contributed by atoms with Crippen molar-refractivity contribution < 1.29 is 8.42 Å². The SMILES string of the molecule is CC(C)S(=O)(=O)Cc1c(N)cccc1Br. The quantitative estimate of drug-likeness (QED) is 0.870. The van der Waals surface area contributed by atoms with Crippen molar-refractivity contribution in [2.45, 2.75) is 24.9 Å². The maximum absolute atomic E-state index is 11.7. The molecule has 1 rings (SSSR count). The van der Waals surface area contributed by atoms with Crippen LogP contribution in [0.5, 0.6) is 0 Å². The first-order chi connectivity index (χ1) is 6.84. The van der Waals surface area contributed by atoms with Gasteiger partial charge in [-0.15, -0.1) is 0 Å². The summed E-state index contributed by atoms with van der Waals surface area (Å²) in [6, 6.07) is 5.28. The molecule has 84 valence electrons. The molecule has 0 atom stereocenters. The molecule has 0 aromatic heterocycles. The van der Waals surface area contributed by atoms with Crippen molar-refractivity contribution in [1.29, 1.82) is 0 Å². The highest BCUT2D eigenvalue weighted by Gasteiger charge is 2.19. The summed E-state index contributed by atoms with van der Waals surface area (Å²) >= 11 is 3.30. The van der Waals surface area contributed by atoms with E-state index in [1.807, 2.05) is 0 Å². The van der Waals surface area contributed by atoms with Crippen molar-refractivity contribution in [2.24, 2.45) is 0 Å². The molecule has 2 N–H and O–H groups in total. The molecule has 5 heteroatoms. The Morgan fingerprint density at radius 1 is 1.40 bits per heavy atom. The first-order valence-electron chi connectivity index (χ1n) is 4.59. The van der Waals surface area contributed by atoms with E-state index < -0.39 is 9.84 Å². The zero-order valence-corrected chi connectivity index (χ0v) is 11.1. The molecule has 0 heterocycles. The van der Waals surface area contributed by atoms with Gasteiger partial charge in [0.25, 0.3) is 0 Å². The number of halogens is 1. The van der Waals surface area contributed by atoms with Gasteiger partial charge in [0.2, 0.25) is 0 Å². The van der Waals surface area contributed by atoms with Crippen LogP contribution in [0.25, 0.3) is 0 Å². The molecule has 0 fully saturated rings. The molecule has 0 saturated carbocycles. The van der Waals surface area contributed by atoms with Crippen molar-refractivity contribution in [3.63, 3.8) is 0 Å². The topological polar surface area (TPSA) is 60.2 Å². The summed E-state index contributed by atoms with van der Waals surface area (Å²) in [5.74, 6) is -0.0159. The van der Waals surface area contributed by atoms with Crippen molar-refractivity contribution >= 4 is 31.5 Å². The van der Waals surface area contributed by atoms with Crippen molar-refractivity contribution in [1.82, 2.24) is 0 Å². The number of rotatable bonds is 3. The smallest absolute Gasteiger partial charge is 0.156 e. The zero-order chi connectivity index (χ0) is 11.6. The fraction of sp³-hybridized carbons (Fsp3) is 0.400. The highest BCUT2D eigenvalue weighted by molar-refractivity contribution is 9.10. The molecule has 0 aliphatic rings. The van der Waals surface area contributed by atoms with E-state index >= 15 is 0 Å². The van der Waals surface area contributed by atoms with E-state index in [1.54, 1.807) is 32.0 Å². The number of hydrogen-bond acceptors (Lipinski definition) is 3. The van der Waals surface area contributed by atoms with Crippen LogP contribution in [0, 0.1) is 0 Å². The number of nitrogens with two attached hydrogens (primary N) is 1. The first-order valence-corrected chi connectivity index (χ1v) is 7.10.